The fourth-order valence-electron chi connectivity index (χ4n) is 4.20. The van der Waals surface area contributed by atoms with Crippen LogP contribution in [0.15, 0.2) is 46.0 Å². The first-order valence-electron chi connectivity index (χ1n) is 10.6. The number of amides is 2. The van der Waals surface area contributed by atoms with Crippen LogP contribution in [0.25, 0.3) is 11.1 Å². The number of hydrogen-bond donors (Lipinski definition) is 1. The number of nitrogens with one attached hydrogen (secondary N) is 1. The summed E-state index contributed by atoms with van der Waals surface area (Å²) in [6.07, 6.45) is 0.547. The Balaban J connectivity index is 1.88. The van der Waals surface area contributed by atoms with E-state index >= 15 is 0 Å². The highest BCUT2D eigenvalue weighted by molar-refractivity contribution is 6.14. The summed E-state index contributed by atoms with van der Waals surface area (Å²) in [4.78, 5) is 12.6. The van der Waals surface area contributed by atoms with E-state index < -0.39 is 0 Å². The van der Waals surface area contributed by atoms with Gasteiger partial charge in [0.15, 0.2) is 0 Å². The molecule has 1 unspecified atom stereocenters. The van der Waals surface area contributed by atoms with Gasteiger partial charge in [-0.05, 0) is 50.5 Å². The number of hydrazone groups is 1. The Labute approximate surface area is 192 Å². The molecule has 1 aliphatic rings. The number of hydrogen-bond acceptors (Lipinski definition) is 6. The number of carbonyl (C=O) groups is 1. The van der Waals surface area contributed by atoms with Crippen LogP contribution in [0.2, 0.25) is 0 Å². The first-order chi connectivity index (χ1) is 15.9. The quantitative estimate of drug-likeness (QED) is 0.654. The maximum absolute atomic E-state index is 12.6. The minimum absolute atomic E-state index is 0.206. The summed E-state index contributed by atoms with van der Waals surface area (Å²) in [5, 5.41) is 22.5. The van der Waals surface area contributed by atoms with Gasteiger partial charge in [-0.25, -0.2) is 9.80 Å². The molecule has 2 aromatic carbocycles. The van der Waals surface area contributed by atoms with Crippen molar-refractivity contribution in [2.75, 3.05) is 14.2 Å². The Morgan fingerprint density at radius 2 is 1.94 bits per heavy atom. The van der Waals surface area contributed by atoms with Crippen molar-refractivity contribution in [2.45, 2.75) is 33.2 Å². The number of aromatic nitrogens is 1. The van der Waals surface area contributed by atoms with Crippen molar-refractivity contribution >= 4 is 11.7 Å². The molecule has 0 bridgehead atoms. The minimum atomic E-state index is -0.299. The van der Waals surface area contributed by atoms with E-state index in [4.69, 9.17) is 14.4 Å². The van der Waals surface area contributed by atoms with Gasteiger partial charge >= 0.3 is 6.03 Å². The van der Waals surface area contributed by atoms with Gasteiger partial charge in [0, 0.05) is 23.7 Å². The second kappa shape index (κ2) is 8.79. The van der Waals surface area contributed by atoms with E-state index in [9.17, 15) is 10.1 Å². The molecular formula is C25H25N5O3. The van der Waals surface area contributed by atoms with Crippen LogP contribution in [0.4, 0.5) is 4.79 Å². The zero-order valence-corrected chi connectivity index (χ0v) is 19.3. The molecule has 0 fully saturated rings. The molecule has 0 saturated carbocycles. The van der Waals surface area contributed by atoms with Gasteiger partial charge < -0.3 is 14.6 Å². The van der Waals surface area contributed by atoms with Crippen molar-refractivity contribution in [1.29, 1.82) is 5.26 Å². The summed E-state index contributed by atoms with van der Waals surface area (Å²) in [6.45, 7) is 5.73. The molecule has 1 atom stereocenters. The summed E-state index contributed by atoms with van der Waals surface area (Å²) in [7, 11) is 3.12. The van der Waals surface area contributed by atoms with Gasteiger partial charge in [0.25, 0.3) is 0 Å². The summed E-state index contributed by atoms with van der Waals surface area (Å²) < 4.78 is 10.8. The highest BCUT2D eigenvalue weighted by Gasteiger charge is 2.28. The highest BCUT2D eigenvalue weighted by Crippen LogP contribution is 2.32. The molecule has 2 amide bonds. The Morgan fingerprint density at radius 1 is 1.24 bits per heavy atom. The lowest BCUT2D eigenvalue weighted by atomic mass is 9.92. The summed E-state index contributed by atoms with van der Waals surface area (Å²) in [5.74, 6) is 1.23. The van der Waals surface area contributed by atoms with Gasteiger partial charge in [-0.3, -0.25) is 0 Å². The third kappa shape index (κ3) is 3.94. The first kappa shape index (κ1) is 22.1. The predicted molar refractivity (Wildman–Crippen MR) is 124 cm³/mol. The molecule has 168 valence electrons. The molecule has 0 spiro atoms. The second-order valence-electron chi connectivity index (χ2n) is 8.00. The highest BCUT2D eigenvalue weighted by atomic mass is 16.5. The lowest BCUT2D eigenvalue weighted by Crippen LogP contribution is -2.41. The zero-order chi connectivity index (χ0) is 23.7. The molecular weight excluding hydrogens is 418 g/mol. The molecule has 1 aliphatic heterocycles. The number of fused-ring (bicyclic) bond motifs is 1. The smallest absolute Gasteiger partial charge is 0.337 e. The molecule has 3 aromatic rings. The van der Waals surface area contributed by atoms with Crippen LogP contribution in [-0.2, 0) is 6.42 Å². The van der Waals surface area contributed by atoms with Gasteiger partial charge in [0.2, 0.25) is 0 Å². The fraction of sp³-hybridized carbons (Fsp3) is 0.280. The number of nitriles is 1. The van der Waals surface area contributed by atoms with Crippen molar-refractivity contribution in [1.82, 2.24) is 15.5 Å². The van der Waals surface area contributed by atoms with E-state index in [1.807, 2.05) is 57.2 Å². The molecule has 2 heterocycles. The molecule has 0 saturated heterocycles. The number of benzene rings is 2. The molecule has 1 N–H and O–H groups in total. The number of urea groups is 1. The third-order valence-corrected chi connectivity index (χ3v) is 5.84. The van der Waals surface area contributed by atoms with Gasteiger partial charge in [0.05, 0.1) is 30.1 Å². The van der Waals surface area contributed by atoms with Crippen LogP contribution >= 0.6 is 0 Å². The molecule has 4 rings (SSSR count). The largest absolute Gasteiger partial charge is 0.495 e. The Hall–Kier alpha value is -4.12. The van der Waals surface area contributed by atoms with E-state index in [-0.39, 0.29) is 12.1 Å². The van der Waals surface area contributed by atoms with E-state index in [0.29, 0.717) is 23.4 Å². The number of ether oxygens (including phenoxy) is 1. The van der Waals surface area contributed by atoms with Crippen LogP contribution in [0.3, 0.4) is 0 Å². The van der Waals surface area contributed by atoms with Crippen LogP contribution in [0.5, 0.6) is 5.75 Å². The SMILES string of the molecule is CNC(=O)N1N=C(c2ccc(-c3c(C)noc3C)cc2)c2cc(OC)c(C#N)cc2CC1C. The average molecular weight is 444 g/mol. The maximum atomic E-state index is 12.6. The number of methoxy groups -OCH3 is 1. The molecule has 1 aromatic heterocycles. The lowest BCUT2D eigenvalue weighted by Gasteiger charge is -2.22. The molecule has 33 heavy (non-hydrogen) atoms. The molecule has 8 heteroatoms. The van der Waals surface area contributed by atoms with Gasteiger partial charge in [-0.2, -0.15) is 10.4 Å². The maximum Gasteiger partial charge on any atom is 0.337 e. The van der Waals surface area contributed by atoms with Crippen molar-refractivity contribution in [3.63, 3.8) is 0 Å². The van der Waals surface area contributed by atoms with E-state index in [2.05, 4.69) is 16.5 Å². The minimum Gasteiger partial charge on any atom is -0.495 e. The Morgan fingerprint density at radius 3 is 2.52 bits per heavy atom. The van der Waals surface area contributed by atoms with Crippen LogP contribution in [0.1, 0.15) is 40.6 Å². The zero-order valence-electron chi connectivity index (χ0n) is 19.3. The number of nitrogens with zero attached hydrogens (tertiary/aromatic N) is 4. The van der Waals surface area contributed by atoms with Crippen LogP contribution < -0.4 is 10.1 Å². The Kier molecular flexibility index (Phi) is 5.88. The van der Waals surface area contributed by atoms with Crippen molar-refractivity contribution in [3.8, 4) is 22.9 Å². The average Bonchev–Trinajstić information content (AvgIpc) is 3.09. The van der Waals surface area contributed by atoms with Crippen LogP contribution in [0, 0.1) is 25.2 Å². The standard InChI is InChI=1S/C25H25N5O3/c1-14-10-19-11-20(13-26)22(32-5)12-21(19)24(28-30(14)25(31)27-4)18-8-6-17(7-9-18)23-15(2)29-33-16(23)3/h6-9,11-12,14H,10H2,1-5H3,(H,27,31). The van der Waals surface area contributed by atoms with Crippen molar-refractivity contribution < 1.29 is 14.1 Å². The van der Waals surface area contributed by atoms with Crippen LogP contribution in [-0.4, -0.2) is 42.1 Å². The van der Waals surface area contributed by atoms with E-state index in [1.165, 1.54) is 12.1 Å². The normalized spacial score (nSPS) is 15.2. The summed E-state index contributed by atoms with van der Waals surface area (Å²) in [5.41, 5.74) is 6.45. The first-order valence-corrected chi connectivity index (χ1v) is 10.6. The monoisotopic (exact) mass is 443 g/mol. The number of carbonyl (C=O) groups excluding carboxylic acids is 1. The van der Waals surface area contributed by atoms with Gasteiger partial charge in [-0.15, -0.1) is 0 Å². The molecule has 8 nitrogen and oxygen atoms in total. The van der Waals surface area contributed by atoms with E-state index in [0.717, 1.165) is 39.3 Å². The number of aryl methyl sites for hydroxylation is 2. The summed E-state index contributed by atoms with van der Waals surface area (Å²) in [6, 6.07) is 13.3. The van der Waals surface area contributed by atoms with Crippen molar-refractivity contribution in [2.24, 2.45) is 5.10 Å². The summed E-state index contributed by atoms with van der Waals surface area (Å²) >= 11 is 0. The van der Waals surface area contributed by atoms with Gasteiger partial charge in [-0.1, -0.05) is 29.4 Å². The Bertz CT molecular complexity index is 1270. The topological polar surface area (TPSA) is 104 Å². The van der Waals surface area contributed by atoms with Crippen molar-refractivity contribution in [3.05, 3.63) is 70.1 Å². The molecule has 0 radical (unpaired) electrons. The number of rotatable bonds is 3. The third-order valence-electron chi connectivity index (χ3n) is 5.84. The second-order valence-corrected chi connectivity index (χ2v) is 8.00. The van der Waals surface area contributed by atoms with E-state index in [1.54, 1.807) is 7.05 Å². The predicted octanol–water partition coefficient (Wildman–Crippen LogP) is 4.18. The lowest BCUT2D eigenvalue weighted by molar-refractivity contribution is 0.184. The molecule has 0 aliphatic carbocycles. The fourth-order valence-corrected chi connectivity index (χ4v) is 4.20. The van der Waals surface area contributed by atoms with Gasteiger partial charge in [0.1, 0.15) is 17.6 Å².